The summed E-state index contributed by atoms with van der Waals surface area (Å²) in [6.45, 7) is 0. The first-order chi connectivity index (χ1) is 18.3. The Kier molecular flexibility index (Phi) is 6.22. The molecule has 2 nitrogen and oxygen atoms in total. The summed E-state index contributed by atoms with van der Waals surface area (Å²) >= 11 is 0. The second kappa shape index (κ2) is 10.1. The van der Waals surface area contributed by atoms with Gasteiger partial charge in [-0.25, -0.2) is 0 Å². The monoisotopic (exact) mass is 476 g/mol. The number of nitrogens with zero attached hydrogens (tertiary/aromatic N) is 1. The number of aliphatic imine (C=N–C) groups is 1. The van der Waals surface area contributed by atoms with E-state index in [1.807, 2.05) is 24.4 Å². The van der Waals surface area contributed by atoms with E-state index in [1.165, 1.54) is 43.6 Å². The molecule has 0 fully saturated rings. The number of nitrogens with two attached hydrogens (primary N) is 1. The van der Waals surface area contributed by atoms with Gasteiger partial charge in [0, 0.05) is 24.4 Å². The standard InChI is InChI=1S/C35H28N2/c36-34(31-21-11-15-25-12-5-6-16-27(25)31)24-37-23-22-30-28-17-7-9-19-32(28)35(26-13-3-1-2-4-14-26)33-20-10-8-18-29(30)33/h1-3,5-21,23-24H,4,22,36H2/b34-24-,37-23?. The van der Waals surface area contributed by atoms with Gasteiger partial charge in [-0.2, -0.15) is 0 Å². The highest BCUT2D eigenvalue weighted by Crippen LogP contribution is 2.38. The number of benzene rings is 5. The molecule has 0 bridgehead atoms. The van der Waals surface area contributed by atoms with E-state index >= 15 is 0 Å². The summed E-state index contributed by atoms with van der Waals surface area (Å²) in [6, 6.07) is 31.9. The number of hydrogen-bond donors (Lipinski definition) is 1. The quantitative estimate of drug-likeness (QED) is 0.200. The normalized spacial score (nSPS) is 14.1. The summed E-state index contributed by atoms with van der Waals surface area (Å²) in [7, 11) is 0. The van der Waals surface area contributed by atoms with Gasteiger partial charge >= 0.3 is 0 Å². The summed E-state index contributed by atoms with van der Waals surface area (Å²) in [5.41, 5.74) is 12.0. The Morgan fingerprint density at radius 1 is 0.730 bits per heavy atom. The summed E-state index contributed by atoms with van der Waals surface area (Å²) in [5.74, 6) is 0. The lowest BCUT2D eigenvalue weighted by atomic mass is 9.87. The van der Waals surface area contributed by atoms with Crippen molar-refractivity contribution in [2.45, 2.75) is 12.8 Å². The molecule has 0 spiro atoms. The Bertz CT molecular complexity index is 1720. The van der Waals surface area contributed by atoms with Crippen LogP contribution in [0.1, 0.15) is 23.1 Å². The second-order valence-corrected chi connectivity index (χ2v) is 9.27. The van der Waals surface area contributed by atoms with E-state index in [4.69, 9.17) is 5.73 Å². The second-order valence-electron chi connectivity index (χ2n) is 9.27. The molecule has 1 aliphatic carbocycles. The van der Waals surface area contributed by atoms with Crippen LogP contribution in [0.5, 0.6) is 0 Å². The molecule has 0 radical (unpaired) electrons. The molecule has 2 N–H and O–H groups in total. The average molecular weight is 477 g/mol. The molecule has 0 atom stereocenters. The highest BCUT2D eigenvalue weighted by Gasteiger charge is 2.15. The first-order valence-electron chi connectivity index (χ1n) is 12.7. The van der Waals surface area contributed by atoms with Crippen molar-refractivity contribution in [1.29, 1.82) is 0 Å². The minimum absolute atomic E-state index is 0.666. The molecule has 0 saturated heterocycles. The van der Waals surface area contributed by atoms with E-state index < -0.39 is 0 Å². The van der Waals surface area contributed by atoms with E-state index in [9.17, 15) is 0 Å². The minimum atomic E-state index is 0.666. The third kappa shape index (κ3) is 4.39. The summed E-state index contributed by atoms with van der Waals surface area (Å²) in [4.78, 5) is 4.65. The summed E-state index contributed by atoms with van der Waals surface area (Å²) < 4.78 is 0. The van der Waals surface area contributed by atoms with Crippen LogP contribution in [0.15, 0.2) is 133 Å². The third-order valence-corrected chi connectivity index (χ3v) is 7.04. The zero-order valence-corrected chi connectivity index (χ0v) is 20.6. The molecular formula is C35H28N2. The molecule has 0 heterocycles. The van der Waals surface area contributed by atoms with Crippen molar-refractivity contribution in [3.8, 4) is 0 Å². The van der Waals surface area contributed by atoms with Crippen LogP contribution in [0.25, 0.3) is 43.6 Å². The van der Waals surface area contributed by atoms with E-state index in [2.05, 4.69) is 108 Å². The highest BCUT2D eigenvalue weighted by molar-refractivity contribution is 6.13. The Morgan fingerprint density at radius 2 is 1.38 bits per heavy atom. The molecule has 0 saturated carbocycles. The van der Waals surface area contributed by atoms with Gasteiger partial charge in [-0.1, -0.05) is 121 Å². The maximum Gasteiger partial charge on any atom is 0.0579 e. The topological polar surface area (TPSA) is 38.4 Å². The van der Waals surface area contributed by atoms with Gasteiger partial charge in [0.2, 0.25) is 0 Å². The number of hydrogen-bond acceptors (Lipinski definition) is 2. The van der Waals surface area contributed by atoms with Gasteiger partial charge in [0.1, 0.15) is 0 Å². The maximum atomic E-state index is 6.47. The van der Waals surface area contributed by atoms with Crippen LogP contribution < -0.4 is 5.73 Å². The first kappa shape index (κ1) is 22.8. The summed E-state index contributed by atoms with van der Waals surface area (Å²) in [5, 5.41) is 7.38. The average Bonchev–Trinajstić information content (AvgIpc) is 3.24. The predicted octanol–water partition coefficient (Wildman–Crippen LogP) is 8.62. The lowest BCUT2D eigenvalue weighted by Crippen LogP contribution is -1.98. The Labute approximate surface area is 217 Å². The Morgan fingerprint density at radius 3 is 2.14 bits per heavy atom. The van der Waals surface area contributed by atoms with Crippen LogP contribution in [0.2, 0.25) is 0 Å². The zero-order chi connectivity index (χ0) is 25.0. The lowest BCUT2D eigenvalue weighted by molar-refractivity contribution is 1.39. The van der Waals surface area contributed by atoms with Crippen LogP contribution in [0, 0.1) is 0 Å². The number of rotatable bonds is 5. The first-order valence-corrected chi connectivity index (χ1v) is 12.7. The van der Waals surface area contributed by atoms with Crippen molar-refractivity contribution in [2.75, 3.05) is 0 Å². The van der Waals surface area contributed by atoms with Gasteiger partial charge in [0.05, 0.1) is 5.70 Å². The van der Waals surface area contributed by atoms with Crippen molar-refractivity contribution in [3.63, 3.8) is 0 Å². The van der Waals surface area contributed by atoms with Gasteiger partial charge < -0.3 is 5.73 Å². The molecule has 6 rings (SSSR count). The fourth-order valence-electron chi connectivity index (χ4n) is 5.34. The van der Waals surface area contributed by atoms with E-state index in [0.29, 0.717) is 5.70 Å². The van der Waals surface area contributed by atoms with Crippen LogP contribution >= 0.6 is 0 Å². The van der Waals surface area contributed by atoms with Crippen molar-refractivity contribution in [2.24, 2.45) is 10.7 Å². The SMILES string of the molecule is N/C(=C\N=CCc1c2ccccc2c(C2=CCC=CC=C2)c2ccccc12)c1cccc2ccccc12. The zero-order valence-electron chi connectivity index (χ0n) is 20.6. The molecule has 178 valence electrons. The van der Waals surface area contributed by atoms with Gasteiger partial charge in [-0.05, 0) is 55.4 Å². The van der Waals surface area contributed by atoms with E-state index in [1.54, 1.807) is 6.20 Å². The van der Waals surface area contributed by atoms with Crippen molar-refractivity contribution < 1.29 is 0 Å². The maximum absolute atomic E-state index is 6.47. The molecule has 5 aromatic carbocycles. The molecule has 5 aromatic rings. The molecular weight excluding hydrogens is 448 g/mol. The van der Waals surface area contributed by atoms with E-state index in [0.717, 1.165) is 23.8 Å². The predicted molar refractivity (Wildman–Crippen MR) is 161 cm³/mol. The molecule has 1 aliphatic rings. The smallest absolute Gasteiger partial charge is 0.0579 e. The highest BCUT2D eigenvalue weighted by atomic mass is 14.7. The van der Waals surface area contributed by atoms with Crippen molar-refractivity contribution in [1.82, 2.24) is 0 Å². The van der Waals surface area contributed by atoms with Gasteiger partial charge in [-0.15, -0.1) is 0 Å². The Balaban J connectivity index is 1.41. The summed E-state index contributed by atoms with van der Waals surface area (Å²) in [6.07, 6.45) is 16.4. The molecule has 0 aliphatic heterocycles. The Hall–Kier alpha value is -4.69. The minimum Gasteiger partial charge on any atom is -0.397 e. The lowest BCUT2D eigenvalue weighted by Gasteiger charge is -2.17. The number of fused-ring (bicyclic) bond motifs is 3. The van der Waals surface area contributed by atoms with Crippen LogP contribution in [0.3, 0.4) is 0 Å². The molecule has 0 aromatic heterocycles. The van der Waals surface area contributed by atoms with Gasteiger partial charge in [0.25, 0.3) is 0 Å². The van der Waals surface area contributed by atoms with Crippen LogP contribution in [-0.2, 0) is 6.42 Å². The molecule has 0 unspecified atom stereocenters. The van der Waals surface area contributed by atoms with Gasteiger partial charge in [0.15, 0.2) is 0 Å². The van der Waals surface area contributed by atoms with Crippen molar-refractivity contribution >= 4 is 49.8 Å². The molecule has 37 heavy (non-hydrogen) atoms. The van der Waals surface area contributed by atoms with E-state index in [-0.39, 0.29) is 0 Å². The number of allylic oxidation sites excluding steroid dienone is 6. The van der Waals surface area contributed by atoms with Crippen LogP contribution in [0.4, 0.5) is 0 Å². The van der Waals surface area contributed by atoms with Gasteiger partial charge in [-0.3, -0.25) is 4.99 Å². The molecule has 0 amide bonds. The largest absolute Gasteiger partial charge is 0.397 e. The van der Waals surface area contributed by atoms with Crippen LogP contribution in [-0.4, -0.2) is 6.21 Å². The fraction of sp³-hybridized carbons (Fsp3) is 0.0571. The third-order valence-electron chi connectivity index (χ3n) is 7.04. The molecule has 2 heteroatoms. The van der Waals surface area contributed by atoms with Crippen molar-refractivity contribution in [3.05, 3.63) is 144 Å². The fourth-order valence-corrected chi connectivity index (χ4v) is 5.34.